The largest absolute Gasteiger partial charge is 0.497 e. The number of fused-ring (bicyclic) bond motifs is 1. The molecule has 1 aliphatic heterocycles. The van der Waals surface area contributed by atoms with Crippen molar-refractivity contribution in [1.29, 1.82) is 0 Å². The number of nitrogens with one attached hydrogen (secondary N) is 1. The predicted octanol–water partition coefficient (Wildman–Crippen LogP) is 2.72. The van der Waals surface area contributed by atoms with Crippen molar-refractivity contribution in [1.82, 2.24) is 5.32 Å². The summed E-state index contributed by atoms with van der Waals surface area (Å²) in [6, 6.07) is 15.7. The molecule has 0 unspecified atom stereocenters. The van der Waals surface area contributed by atoms with E-state index in [1.54, 1.807) is 12.0 Å². The average Bonchev–Trinajstić information content (AvgIpc) is 2.67. The first-order valence-corrected chi connectivity index (χ1v) is 8.95. The minimum Gasteiger partial charge on any atom is -0.497 e. The number of hydrogen-bond donors (Lipinski definition) is 1. The highest BCUT2D eigenvalue weighted by Gasteiger charge is 2.23. The van der Waals surface area contributed by atoms with Crippen LogP contribution < -0.4 is 15.0 Å². The van der Waals surface area contributed by atoms with Crippen molar-refractivity contribution in [3.05, 3.63) is 59.7 Å². The second-order valence-electron chi connectivity index (χ2n) is 6.41. The maximum atomic E-state index is 12.5. The first-order chi connectivity index (χ1) is 12.7. The highest BCUT2D eigenvalue weighted by atomic mass is 16.5. The molecule has 5 heteroatoms. The Morgan fingerprint density at radius 2 is 2.00 bits per heavy atom. The Labute approximate surface area is 154 Å². The summed E-state index contributed by atoms with van der Waals surface area (Å²) < 4.78 is 5.19. The Morgan fingerprint density at radius 1 is 1.15 bits per heavy atom. The molecule has 1 heterocycles. The van der Waals surface area contributed by atoms with Crippen LogP contribution in [0.2, 0.25) is 0 Å². The summed E-state index contributed by atoms with van der Waals surface area (Å²) in [5.74, 6) is 0.421. The second-order valence-corrected chi connectivity index (χ2v) is 6.41. The number of nitrogens with zero attached hydrogens (tertiary/aromatic N) is 1. The number of anilines is 1. The Balaban J connectivity index is 1.50. The highest BCUT2D eigenvalue weighted by Crippen LogP contribution is 2.27. The van der Waals surface area contributed by atoms with Gasteiger partial charge in [-0.1, -0.05) is 30.3 Å². The summed E-state index contributed by atoms with van der Waals surface area (Å²) in [4.78, 5) is 26.4. The SMILES string of the molecule is COc1cccc(CCNC(=O)CC(=O)N2CCCc3ccccc32)c1. The van der Waals surface area contributed by atoms with E-state index < -0.39 is 0 Å². The van der Waals surface area contributed by atoms with Crippen molar-refractivity contribution >= 4 is 17.5 Å². The van der Waals surface area contributed by atoms with Crippen molar-refractivity contribution in [3.8, 4) is 5.75 Å². The first-order valence-electron chi connectivity index (χ1n) is 8.95. The molecule has 0 aliphatic carbocycles. The zero-order valence-electron chi connectivity index (χ0n) is 15.0. The molecular formula is C21H24N2O3. The third-order valence-corrected chi connectivity index (χ3v) is 4.59. The molecule has 5 nitrogen and oxygen atoms in total. The molecule has 0 radical (unpaired) electrons. The van der Waals surface area contributed by atoms with Crippen LogP contribution in [0.4, 0.5) is 5.69 Å². The number of para-hydroxylation sites is 1. The van der Waals surface area contributed by atoms with E-state index in [0.717, 1.165) is 29.8 Å². The van der Waals surface area contributed by atoms with E-state index in [9.17, 15) is 9.59 Å². The van der Waals surface area contributed by atoms with Gasteiger partial charge >= 0.3 is 0 Å². The zero-order valence-corrected chi connectivity index (χ0v) is 15.0. The Hall–Kier alpha value is -2.82. The summed E-state index contributed by atoms with van der Waals surface area (Å²) in [5, 5.41) is 2.84. The minimum atomic E-state index is -0.235. The fourth-order valence-electron chi connectivity index (χ4n) is 3.26. The van der Waals surface area contributed by atoms with Crippen LogP contribution in [0.5, 0.6) is 5.75 Å². The molecule has 0 fully saturated rings. The number of hydrogen-bond acceptors (Lipinski definition) is 3. The van der Waals surface area contributed by atoms with Crippen LogP contribution in [-0.2, 0) is 22.4 Å². The molecule has 1 N–H and O–H groups in total. The molecule has 2 amide bonds. The second kappa shape index (κ2) is 8.52. The lowest BCUT2D eigenvalue weighted by molar-refractivity contribution is -0.127. The van der Waals surface area contributed by atoms with Gasteiger partial charge in [0.1, 0.15) is 12.2 Å². The molecule has 0 saturated carbocycles. The van der Waals surface area contributed by atoms with Crippen molar-refractivity contribution in [3.63, 3.8) is 0 Å². The molecule has 0 bridgehead atoms. The minimum absolute atomic E-state index is 0.119. The van der Waals surface area contributed by atoms with Crippen LogP contribution in [0.25, 0.3) is 0 Å². The molecule has 2 aromatic rings. The van der Waals surface area contributed by atoms with Crippen LogP contribution in [0.15, 0.2) is 48.5 Å². The van der Waals surface area contributed by atoms with E-state index in [4.69, 9.17) is 4.74 Å². The zero-order chi connectivity index (χ0) is 18.4. The van der Waals surface area contributed by atoms with E-state index >= 15 is 0 Å². The van der Waals surface area contributed by atoms with Crippen LogP contribution in [0.3, 0.4) is 0 Å². The quantitative estimate of drug-likeness (QED) is 0.813. The smallest absolute Gasteiger partial charge is 0.236 e. The number of carbonyl (C=O) groups excluding carboxylic acids is 2. The number of methoxy groups -OCH3 is 1. The van der Waals surface area contributed by atoms with Crippen LogP contribution in [0, 0.1) is 0 Å². The fourth-order valence-corrected chi connectivity index (χ4v) is 3.26. The van der Waals surface area contributed by atoms with E-state index in [2.05, 4.69) is 5.32 Å². The summed E-state index contributed by atoms with van der Waals surface area (Å²) in [7, 11) is 1.63. The Morgan fingerprint density at radius 3 is 2.85 bits per heavy atom. The first kappa shape index (κ1) is 18.0. The number of amides is 2. The van der Waals surface area contributed by atoms with Crippen molar-refractivity contribution in [2.24, 2.45) is 0 Å². The maximum Gasteiger partial charge on any atom is 0.236 e. The molecular weight excluding hydrogens is 328 g/mol. The van der Waals surface area contributed by atoms with Gasteiger partial charge in [-0.05, 0) is 48.6 Å². The molecule has 3 rings (SSSR count). The van der Waals surface area contributed by atoms with E-state index in [-0.39, 0.29) is 18.2 Å². The van der Waals surface area contributed by atoms with Gasteiger partial charge < -0.3 is 15.0 Å². The van der Waals surface area contributed by atoms with Crippen LogP contribution >= 0.6 is 0 Å². The predicted molar refractivity (Wildman–Crippen MR) is 101 cm³/mol. The van der Waals surface area contributed by atoms with Gasteiger partial charge in [0.25, 0.3) is 0 Å². The number of rotatable bonds is 6. The van der Waals surface area contributed by atoms with Crippen molar-refractivity contribution in [2.45, 2.75) is 25.7 Å². The topological polar surface area (TPSA) is 58.6 Å². The maximum absolute atomic E-state index is 12.5. The summed E-state index contributed by atoms with van der Waals surface area (Å²) in [6.45, 7) is 1.17. The van der Waals surface area contributed by atoms with Gasteiger partial charge in [-0.3, -0.25) is 9.59 Å². The molecule has 0 spiro atoms. The molecule has 136 valence electrons. The van der Waals surface area contributed by atoms with Crippen LogP contribution in [0.1, 0.15) is 24.0 Å². The van der Waals surface area contributed by atoms with Gasteiger partial charge in [0, 0.05) is 18.8 Å². The Bertz CT molecular complexity index is 788. The van der Waals surface area contributed by atoms with Gasteiger partial charge in [0.15, 0.2) is 0 Å². The van der Waals surface area contributed by atoms with Crippen LogP contribution in [-0.4, -0.2) is 32.0 Å². The Kier molecular flexibility index (Phi) is 5.89. The average molecular weight is 352 g/mol. The third kappa shape index (κ3) is 4.42. The summed E-state index contributed by atoms with van der Waals surface area (Å²) in [6.07, 6.45) is 2.49. The summed E-state index contributed by atoms with van der Waals surface area (Å²) in [5.41, 5.74) is 3.19. The molecule has 1 aliphatic rings. The molecule has 0 saturated heterocycles. The van der Waals surface area contributed by atoms with Gasteiger partial charge in [-0.15, -0.1) is 0 Å². The van der Waals surface area contributed by atoms with Gasteiger partial charge in [0.2, 0.25) is 11.8 Å². The van der Waals surface area contributed by atoms with Gasteiger partial charge in [-0.2, -0.15) is 0 Å². The normalized spacial score (nSPS) is 13.0. The van der Waals surface area contributed by atoms with Crippen molar-refractivity contribution in [2.75, 3.05) is 25.1 Å². The molecule has 0 atom stereocenters. The number of ether oxygens (including phenoxy) is 1. The van der Waals surface area contributed by atoms with E-state index in [1.165, 1.54) is 5.56 Å². The lowest BCUT2D eigenvalue weighted by Crippen LogP contribution is -2.39. The lowest BCUT2D eigenvalue weighted by Gasteiger charge is -2.29. The number of benzene rings is 2. The monoisotopic (exact) mass is 352 g/mol. The lowest BCUT2D eigenvalue weighted by atomic mass is 10.0. The third-order valence-electron chi connectivity index (χ3n) is 4.59. The number of carbonyl (C=O) groups is 2. The summed E-state index contributed by atoms with van der Waals surface area (Å²) >= 11 is 0. The van der Waals surface area contributed by atoms with Crippen molar-refractivity contribution < 1.29 is 14.3 Å². The van der Waals surface area contributed by atoms with E-state index in [1.807, 2.05) is 48.5 Å². The standard InChI is InChI=1S/C21H24N2O3/c1-26-18-9-4-6-16(14-18)11-12-22-20(24)15-21(25)23-13-5-8-17-7-2-3-10-19(17)23/h2-4,6-7,9-10,14H,5,8,11-13,15H2,1H3,(H,22,24). The van der Waals surface area contributed by atoms with E-state index in [0.29, 0.717) is 19.5 Å². The molecule has 26 heavy (non-hydrogen) atoms. The van der Waals surface area contributed by atoms with Gasteiger partial charge in [-0.25, -0.2) is 0 Å². The van der Waals surface area contributed by atoms with Gasteiger partial charge in [0.05, 0.1) is 7.11 Å². The fraction of sp³-hybridized carbons (Fsp3) is 0.333. The molecule has 2 aromatic carbocycles. The number of aryl methyl sites for hydroxylation is 1. The molecule has 0 aromatic heterocycles. The highest BCUT2D eigenvalue weighted by molar-refractivity contribution is 6.05.